The number of pyridine rings is 1. The molecule has 0 bridgehead atoms. The standard InChI is InChI=1S/C17H18FN3O/c1-11(2)15-10-21(16-6-4-3-5-14(16)20-15)17(22)12-7-8-19-9-13(12)18/h3-9,11,15,20H,10H2,1-2H3/t15-/m1/s1. The lowest BCUT2D eigenvalue weighted by atomic mass is 9.99. The van der Waals surface area contributed by atoms with E-state index in [4.69, 9.17) is 0 Å². The monoisotopic (exact) mass is 299 g/mol. The lowest BCUT2D eigenvalue weighted by Crippen LogP contribution is -2.47. The molecule has 5 heteroatoms. The first kappa shape index (κ1) is 14.5. The van der Waals surface area contributed by atoms with Crippen molar-refractivity contribution >= 4 is 17.3 Å². The predicted molar refractivity (Wildman–Crippen MR) is 84.6 cm³/mol. The Morgan fingerprint density at radius 3 is 2.86 bits per heavy atom. The Balaban J connectivity index is 2.02. The number of carbonyl (C=O) groups is 1. The maximum absolute atomic E-state index is 13.9. The summed E-state index contributed by atoms with van der Waals surface area (Å²) in [4.78, 5) is 18.1. The average molecular weight is 299 g/mol. The highest BCUT2D eigenvalue weighted by Crippen LogP contribution is 2.33. The van der Waals surface area contributed by atoms with Gasteiger partial charge in [0.05, 0.1) is 23.1 Å². The minimum Gasteiger partial charge on any atom is -0.379 e. The van der Waals surface area contributed by atoms with Gasteiger partial charge in [0, 0.05) is 18.8 Å². The van der Waals surface area contributed by atoms with E-state index < -0.39 is 5.82 Å². The third-order valence-corrected chi connectivity index (χ3v) is 3.97. The van der Waals surface area contributed by atoms with Gasteiger partial charge in [-0.25, -0.2) is 4.39 Å². The first-order valence-electron chi connectivity index (χ1n) is 7.35. The largest absolute Gasteiger partial charge is 0.379 e. The molecule has 1 aliphatic rings. The summed E-state index contributed by atoms with van der Waals surface area (Å²) in [6.45, 7) is 4.71. The summed E-state index contributed by atoms with van der Waals surface area (Å²) in [5.74, 6) is -0.574. The number of carbonyl (C=O) groups excluding carboxylic acids is 1. The van der Waals surface area contributed by atoms with Crippen molar-refractivity contribution in [1.29, 1.82) is 0 Å². The van der Waals surface area contributed by atoms with E-state index in [1.54, 1.807) is 4.90 Å². The number of hydrogen-bond acceptors (Lipinski definition) is 3. The number of para-hydroxylation sites is 2. The molecule has 0 saturated heterocycles. The van der Waals surface area contributed by atoms with Crippen molar-refractivity contribution in [2.24, 2.45) is 5.92 Å². The topological polar surface area (TPSA) is 45.2 Å². The molecule has 0 saturated carbocycles. The zero-order chi connectivity index (χ0) is 15.7. The van der Waals surface area contributed by atoms with Crippen LogP contribution in [0.3, 0.4) is 0 Å². The van der Waals surface area contributed by atoms with Crippen molar-refractivity contribution < 1.29 is 9.18 Å². The Hall–Kier alpha value is -2.43. The van der Waals surface area contributed by atoms with Gasteiger partial charge in [-0.05, 0) is 24.1 Å². The van der Waals surface area contributed by atoms with Crippen LogP contribution in [0.15, 0.2) is 42.7 Å². The van der Waals surface area contributed by atoms with Crippen molar-refractivity contribution in [2.75, 3.05) is 16.8 Å². The van der Waals surface area contributed by atoms with E-state index in [1.165, 1.54) is 12.3 Å². The Morgan fingerprint density at radius 1 is 1.36 bits per heavy atom. The minimum atomic E-state index is -0.593. The van der Waals surface area contributed by atoms with Gasteiger partial charge in [-0.3, -0.25) is 9.78 Å². The molecule has 0 radical (unpaired) electrons. The fraction of sp³-hybridized carbons (Fsp3) is 0.294. The van der Waals surface area contributed by atoms with Crippen LogP contribution in [0, 0.1) is 11.7 Å². The van der Waals surface area contributed by atoms with Crippen molar-refractivity contribution in [2.45, 2.75) is 19.9 Å². The molecular formula is C17H18FN3O. The number of amides is 1. The van der Waals surface area contributed by atoms with Crippen molar-refractivity contribution in [3.63, 3.8) is 0 Å². The van der Waals surface area contributed by atoms with Gasteiger partial charge in [0.25, 0.3) is 5.91 Å². The van der Waals surface area contributed by atoms with Crippen LogP contribution in [0.2, 0.25) is 0 Å². The van der Waals surface area contributed by atoms with Gasteiger partial charge in [0.1, 0.15) is 0 Å². The summed E-state index contributed by atoms with van der Waals surface area (Å²) in [7, 11) is 0. The summed E-state index contributed by atoms with van der Waals surface area (Å²) in [6.07, 6.45) is 2.51. The number of rotatable bonds is 2. The molecule has 0 aliphatic carbocycles. The zero-order valence-electron chi connectivity index (χ0n) is 12.6. The zero-order valence-corrected chi connectivity index (χ0v) is 12.6. The molecule has 0 unspecified atom stereocenters. The lowest BCUT2D eigenvalue weighted by Gasteiger charge is -2.37. The first-order valence-corrected chi connectivity index (χ1v) is 7.35. The molecule has 1 aliphatic heterocycles. The highest BCUT2D eigenvalue weighted by atomic mass is 19.1. The predicted octanol–water partition coefficient (Wildman–Crippen LogP) is 3.32. The average Bonchev–Trinajstić information content (AvgIpc) is 2.53. The number of benzene rings is 1. The Bertz CT molecular complexity index is 702. The SMILES string of the molecule is CC(C)[C@H]1CN(C(=O)c2ccncc2F)c2ccccc2N1. The molecule has 2 heterocycles. The van der Waals surface area contributed by atoms with Gasteiger partial charge < -0.3 is 10.2 Å². The molecular weight excluding hydrogens is 281 g/mol. The van der Waals surface area contributed by atoms with Gasteiger partial charge in [-0.15, -0.1) is 0 Å². The van der Waals surface area contributed by atoms with Gasteiger partial charge in [0.15, 0.2) is 5.82 Å². The van der Waals surface area contributed by atoms with Crippen LogP contribution in [0.5, 0.6) is 0 Å². The Labute approximate surface area is 129 Å². The van der Waals surface area contributed by atoms with Crippen LogP contribution in [-0.2, 0) is 0 Å². The molecule has 22 heavy (non-hydrogen) atoms. The second-order valence-electron chi connectivity index (χ2n) is 5.78. The molecule has 0 fully saturated rings. The van der Waals surface area contributed by atoms with Crippen LogP contribution >= 0.6 is 0 Å². The van der Waals surface area contributed by atoms with Gasteiger partial charge in [0.2, 0.25) is 0 Å². The summed E-state index contributed by atoms with van der Waals surface area (Å²) in [5.41, 5.74) is 1.73. The molecule has 4 nitrogen and oxygen atoms in total. The molecule has 1 aromatic heterocycles. The van der Waals surface area contributed by atoms with Crippen molar-refractivity contribution in [3.8, 4) is 0 Å². The second kappa shape index (κ2) is 5.75. The van der Waals surface area contributed by atoms with Crippen molar-refractivity contribution in [3.05, 3.63) is 54.1 Å². The molecule has 2 aromatic rings. The van der Waals surface area contributed by atoms with E-state index in [-0.39, 0.29) is 17.5 Å². The molecule has 1 N–H and O–H groups in total. The fourth-order valence-corrected chi connectivity index (χ4v) is 2.64. The van der Waals surface area contributed by atoms with E-state index in [0.717, 1.165) is 17.6 Å². The number of halogens is 1. The van der Waals surface area contributed by atoms with Crippen LogP contribution in [0.4, 0.5) is 15.8 Å². The first-order chi connectivity index (χ1) is 10.6. The Kier molecular flexibility index (Phi) is 3.79. The number of nitrogens with one attached hydrogen (secondary N) is 1. The summed E-state index contributed by atoms with van der Waals surface area (Å²) < 4.78 is 13.9. The quantitative estimate of drug-likeness (QED) is 0.925. The van der Waals surface area contributed by atoms with Crippen LogP contribution < -0.4 is 10.2 Å². The Morgan fingerprint density at radius 2 is 2.14 bits per heavy atom. The van der Waals surface area contributed by atoms with E-state index >= 15 is 0 Å². The number of nitrogens with zero attached hydrogens (tertiary/aromatic N) is 2. The maximum Gasteiger partial charge on any atom is 0.261 e. The third kappa shape index (κ3) is 2.54. The molecule has 0 spiro atoms. The molecule has 3 rings (SSSR count). The number of hydrogen-bond donors (Lipinski definition) is 1. The molecule has 1 amide bonds. The van der Waals surface area contributed by atoms with Gasteiger partial charge in [-0.2, -0.15) is 0 Å². The van der Waals surface area contributed by atoms with E-state index in [2.05, 4.69) is 24.1 Å². The fourth-order valence-electron chi connectivity index (χ4n) is 2.64. The molecule has 1 atom stereocenters. The highest BCUT2D eigenvalue weighted by molar-refractivity contribution is 6.08. The van der Waals surface area contributed by atoms with Crippen LogP contribution in [-0.4, -0.2) is 23.5 Å². The van der Waals surface area contributed by atoms with Crippen LogP contribution in [0.1, 0.15) is 24.2 Å². The summed E-state index contributed by atoms with van der Waals surface area (Å²) in [5, 5.41) is 3.45. The van der Waals surface area contributed by atoms with E-state index in [1.807, 2.05) is 24.3 Å². The second-order valence-corrected chi connectivity index (χ2v) is 5.78. The van der Waals surface area contributed by atoms with Crippen molar-refractivity contribution in [1.82, 2.24) is 4.98 Å². The van der Waals surface area contributed by atoms with Crippen LogP contribution in [0.25, 0.3) is 0 Å². The van der Waals surface area contributed by atoms with Gasteiger partial charge >= 0.3 is 0 Å². The van der Waals surface area contributed by atoms with E-state index in [9.17, 15) is 9.18 Å². The van der Waals surface area contributed by atoms with Gasteiger partial charge in [-0.1, -0.05) is 26.0 Å². The summed E-state index contributed by atoms with van der Waals surface area (Å²) >= 11 is 0. The number of anilines is 2. The molecule has 114 valence electrons. The normalized spacial score (nSPS) is 17.1. The molecule has 1 aromatic carbocycles. The van der Waals surface area contributed by atoms with E-state index in [0.29, 0.717) is 12.5 Å². The third-order valence-electron chi connectivity index (χ3n) is 3.97. The maximum atomic E-state index is 13.9. The number of fused-ring (bicyclic) bond motifs is 1. The number of aromatic nitrogens is 1. The summed E-state index contributed by atoms with van der Waals surface area (Å²) in [6, 6.07) is 9.16. The highest BCUT2D eigenvalue weighted by Gasteiger charge is 2.30. The lowest BCUT2D eigenvalue weighted by molar-refractivity contribution is 0.0979. The minimum absolute atomic E-state index is 0.0502. The smallest absolute Gasteiger partial charge is 0.261 e.